The third kappa shape index (κ3) is 6.29. The summed E-state index contributed by atoms with van der Waals surface area (Å²) in [4.78, 5) is 0. The fourth-order valence-electron chi connectivity index (χ4n) is 1.51. The summed E-state index contributed by atoms with van der Waals surface area (Å²) >= 11 is 0. The van der Waals surface area contributed by atoms with Crippen molar-refractivity contribution in [1.29, 1.82) is 0 Å². The van der Waals surface area contributed by atoms with Crippen LogP contribution in [0.4, 0.5) is 5.69 Å². The van der Waals surface area contributed by atoms with Crippen LogP contribution in [-0.2, 0) is 15.9 Å². The molecule has 0 aliphatic heterocycles. The fourth-order valence-corrected chi connectivity index (χ4v) is 1.51. The van der Waals surface area contributed by atoms with Gasteiger partial charge in [0.15, 0.2) is 0 Å². The van der Waals surface area contributed by atoms with Gasteiger partial charge in [0.05, 0.1) is 19.8 Å². The molecule has 0 spiro atoms. The van der Waals surface area contributed by atoms with Crippen molar-refractivity contribution in [3.8, 4) is 0 Å². The van der Waals surface area contributed by atoms with Gasteiger partial charge in [-0.05, 0) is 24.5 Å². The van der Waals surface area contributed by atoms with Crippen molar-refractivity contribution in [1.82, 2.24) is 0 Å². The molecule has 0 radical (unpaired) electrons. The molecule has 0 saturated heterocycles. The summed E-state index contributed by atoms with van der Waals surface area (Å²) in [5.41, 5.74) is 7.83. The summed E-state index contributed by atoms with van der Waals surface area (Å²) in [5.74, 6) is 0. The quantitative estimate of drug-likeness (QED) is 0.530. The third-order valence-corrected chi connectivity index (χ3v) is 2.59. The van der Waals surface area contributed by atoms with E-state index in [2.05, 4.69) is 6.92 Å². The average Bonchev–Trinajstić information content (AvgIpc) is 2.35. The maximum absolute atomic E-state index is 5.84. The van der Waals surface area contributed by atoms with Gasteiger partial charge in [-0.1, -0.05) is 31.5 Å². The van der Waals surface area contributed by atoms with E-state index in [-0.39, 0.29) is 0 Å². The number of nitrogen functional groups attached to an aromatic ring is 1. The van der Waals surface area contributed by atoms with Gasteiger partial charge in [0.25, 0.3) is 0 Å². The van der Waals surface area contributed by atoms with Gasteiger partial charge >= 0.3 is 0 Å². The second kappa shape index (κ2) is 9.02. The largest absolute Gasteiger partial charge is 0.399 e. The van der Waals surface area contributed by atoms with Crippen molar-refractivity contribution in [3.63, 3.8) is 0 Å². The first-order chi connectivity index (χ1) is 8.34. The predicted octanol–water partition coefficient (Wildman–Crippen LogP) is 2.64. The van der Waals surface area contributed by atoms with E-state index >= 15 is 0 Å². The van der Waals surface area contributed by atoms with Gasteiger partial charge in [-0.25, -0.2) is 0 Å². The second-order valence-electron chi connectivity index (χ2n) is 4.03. The van der Waals surface area contributed by atoms with E-state index in [4.69, 9.17) is 15.2 Å². The number of benzene rings is 1. The zero-order valence-electron chi connectivity index (χ0n) is 10.7. The van der Waals surface area contributed by atoms with Crippen LogP contribution in [0.15, 0.2) is 24.3 Å². The Morgan fingerprint density at radius 2 is 1.71 bits per heavy atom. The highest BCUT2D eigenvalue weighted by molar-refractivity contribution is 5.46. The van der Waals surface area contributed by atoms with Gasteiger partial charge in [-0.2, -0.15) is 0 Å². The van der Waals surface area contributed by atoms with Crippen molar-refractivity contribution in [3.05, 3.63) is 29.8 Å². The number of ether oxygens (including phenoxy) is 2. The highest BCUT2D eigenvalue weighted by Gasteiger charge is 1.97. The van der Waals surface area contributed by atoms with E-state index in [1.54, 1.807) is 0 Å². The van der Waals surface area contributed by atoms with Gasteiger partial charge in [0.2, 0.25) is 0 Å². The molecule has 0 heterocycles. The Labute approximate surface area is 104 Å². The summed E-state index contributed by atoms with van der Waals surface area (Å²) in [6, 6.07) is 7.90. The maximum atomic E-state index is 5.84. The number of nitrogens with two attached hydrogens (primary N) is 1. The minimum Gasteiger partial charge on any atom is -0.399 e. The van der Waals surface area contributed by atoms with Crippen molar-refractivity contribution in [2.45, 2.75) is 26.2 Å². The molecular weight excluding hydrogens is 214 g/mol. The SMILES string of the molecule is CCCCOCCOCCc1ccccc1N. The first-order valence-electron chi connectivity index (χ1n) is 6.33. The van der Waals surface area contributed by atoms with Gasteiger partial charge in [0, 0.05) is 12.3 Å². The lowest BCUT2D eigenvalue weighted by molar-refractivity contribution is 0.0479. The number of para-hydroxylation sites is 1. The van der Waals surface area contributed by atoms with E-state index in [1.807, 2.05) is 24.3 Å². The lowest BCUT2D eigenvalue weighted by Gasteiger charge is -2.07. The maximum Gasteiger partial charge on any atom is 0.0700 e. The first-order valence-corrected chi connectivity index (χ1v) is 6.33. The molecule has 3 nitrogen and oxygen atoms in total. The van der Waals surface area contributed by atoms with E-state index in [9.17, 15) is 0 Å². The molecule has 0 aliphatic rings. The zero-order chi connectivity index (χ0) is 12.3. The summed E-state index contributed by atoms with van der Waals surface area (Å²) < 4.78 is 10.9. The third-order valence-electron chi connectivity index (χ3n) is 2.59. The van der Waals surface area contributed by atoms with Crippen LogP contribution in [0.3, 0.4) is 0 Å². The Bertz CT molecular complexity index is 302. The Morgan fingerprint density at radius 1 is 1.00 bits per heavy atom. The molecule has 0 bridgehead atoms. The van der Waals surface area contributed by atoms with E-state index < -0.39 is 0 Å². The van der Waals surface area contributed by atoms with Crippen molar-refractivity contribution in [2.24, 2.45) is 0 Å². The summed E-state index contributed by atoms with van der Waals surface area (Å²) in [7, 11) is 0. The molecule has 0 saturated carbocycles. The monoisotopic (exact) mass is 237 g/mol. The molecule has 2 N–H and O–H groups in total. The fraction of sp³-hybridized carbons (Fsp3) is 0.571. The average molecular weight is 237 g/mol. The van der Waals surface area contributed by atoms with Crippen molar-refractivity contribution in [2.75, 3.05) is 32.2 Å². The molecule has 0 amide bonds. The van der Waals surface area contributed by atoms with Crippen molar-refractivity contribution >= 4 is 5.69 Å². The Morgan fingerprint density at radius 3 is 2.41 bits per heavy atom. The topological polar surface area (TPSA) is 44.5 Å². The molecule has 3 heteroatoms. The van der Waals surface area contributed by atoms with Crippen LogP contribution >= 0.6 is 0 Å². The van der Waals surface area contributed by atoms with E-state index in [0.29, 0.717) is 19.8 Å². The summed E-state index contributed by atoms with van der Waals surface area (Å²) in [5, 5.41) is 0. The van der Waals surface area contributed by atoms with E-state index in [1.165, 1.54) is 6.42 Å². The zero-order valence-corrected chi connectivity index (χ0v) is 10.7. The Hall–Kier alpha value is -1.06. The van der Waals surface area contributed by atoms with Crippen molar-refractivity contribution < 1.29 is 9.47 Å². The van der Waals surface area contributed by atoms with Crippen LogP contribution in [0.2, 0.25) is 0 Å². The normalized spacial score (nSPS) is 10.6. The van der Waals surface area contributed by atoms with Crippen LogP contribution in [0.25, 0.3) is 0 Å². The van der Waals surface area contributed by atoms with Gasteiger partial charge in [-0.3, -0.25) is 0 Å². The number of hydrogen-bond acceptors (Lipinski definition) is 3. The second-order valence-corrected chi connectivity index (χ2v) is 4.03. The molecule has 1 rings (SSSR count). The molecule has 0 aliphatic carbocycles. The molecule has 1 aromatic carbocycles. The molecule has 17 heavy (non-hydrogen) atoms. The van der Waals surface area contributed by atoms with E-state index in [0.717, 1.165) is 30.7 Å². The van der Waals surface area contributed by atoms with Crippen LogP contribution in [0.1, 0.15) is 25.3 Å². The molecule has 0 aromatic heterocycles. The molecule has 1 aromatic rings. The number of rotatable bonds is 9. The molecule has 0 atom stereocenters. The lowest BCUT2D eigenvalue weighted by Crippen LogP contribution is -2.08. The number of anilines is 1. The molecule has 0 unspecified atom stereocenters. The van der Waals surface area contributed by atoms with Crippen LogP contribution in [0.5, 0.6) is 0 Å². The highest BCUT2D eigenvalue weighted by atomic mass is 16.5. The van der Waals surface area contributed by atoms with Crippen LogP contribution in [0, 0.1) is 0 Å². The minimum atomic E-state index is 0.663. The Balaban J connectivity index is 1.99. The Kier molecular flexibility index (Phi) is 7.43. The van der Waals surface area contributed by atoms with Gasteiger partial charge in [0.1, 0.15) is 0 Å². The minimum absolute atomic E-state index is 0.663. The van der Waals surface area contributed by atoms with Crippen LogP contribution in [-0.4, -0.2) is 26.4 Å². The molecular formula is C14H23NO2. The number of hydrogen-bond donors (Lipinski definition) is 1. The summed E-state index contributed by atoms with van der Waals surface area (Å²) in [6.45, 7) is 5.04. The molecule has 96 valence electrons. The first kappa shape index (κ1) is 14.0. The summed E-state index contributed by atoms with van der Waals surface area (Å²) in [6.07, 6.45) is 3.16. The molecule has 0 fully saturated rings. The number of unbranched alkanes of at least 4 members (excludes halogenated alkanes) is 1. The highest BCUT2D eigenvalue weighted by Crippen LogP contribution is 2.10. The standard InChI is InChI=1S/C14H23NO2/c1-2-3-9-16-11-12-17-10-8-13-6-4-5-7-14(13)15/h4-7H,2-3,8-12,15H2,1H3. The van der Waals surface area contributed by atoms with Gasteiger partial charge < -0.3 is 15.2 Å². The predicted molar refractivity (Wildman–Crippen MR) is 71.1 cm³/mol. The van der Waals surface area contributed by atoms with Gasteiger partial charge in [-0.15, -0.1) is 0 Å². The lowest BCUT2D eigenvalue weighted by atomic mass is 10.1. The van der Waals surface area contributed by atoms with Crippen LogP contribution < -0.4 is 5.73 Å². The smallest absolute Gasteiger partial charge is 0.0700 e.